The van der Waals surface area contributed by atoms with E-state index in [1.54, 1.807) is 0 Å². The molecule has 0 unspecified atom stereocenters. The number of aromatic nitrogens is 4. The van der Waals surface area contributed by atoms with Crippen molar-refractivity contribution in [2.75, 3.05) is 17.2 Å². The fourth-order valence-electron chi connectivity index (χ4n) is 1.85. The summed E-state index contributed by atoms with van der Waals surface area (Å²) in [6.45, 7) is 2.02. The van der Waals surface area contributed by atoms with Crippen molar-refractivity contribution in [3.8, 4) is 0 Å². The number of nitrogens with two attached hydrogens (primary N) is 3. The highest BCUT2D eigenvalue weighted by molar-refractivity contribution is 7.99. The minimum atomic E-state index is 0.0489. The number of fused-ring (bicyclic) bond motifs is 1. The lowest BCUT2D eigenvalue weighted by Gasteiger charge is -2.07. The molecule has 0 fully saturated rings. The second-order valence-electron chi connectivity index (χ2n) is 4.47. The molecular weight excluding hydrogens is 286 g/mol. The van der Waals surface area contributed by atoms with E-state index in [1.165, 1.54) is 11.8 Å². The first kappa shape index (κ1) is 13.4. The normalized spacial score (nSPS) is 10.9. The van der Waals surface area contributed by atoms with Crippen LogP contribution in [0.3, 0.4) is 0 Å². The highest BCUT2D eigenvalue weighted by Gasteiger charge is 2.12. The average Bonchev–Trinajstić information content (AvgIpc) is 2.40. The molecule has 1 aromatic carbocycles. The summed E-state index contributed by atoms with van der Waals surface area (Å²) in [7, 11) is 0. The fourth-order valence-corrected chi connectivity index (χ4v) is 2.75. The van der Waals surface area contributed by atoms with Gasteiger partial charge in [-0.05, 0) is 19.1 Å². The molecule has 0 aliphatic rings. The summed E-state index contributed by atoms with van der Waals surface area (Å²) in [6, 6.07) is 8.01. The Balaban J connectivity index is 2.09. The molecule has 8 heteroatoms. The maximum Gasteiger partial charge on any atom is 0.224 e. The van der Waals surface area contributed by atoms with Gasteiger partial charge in [-0.25, -0.2) is 9.97 Å². The summed E-state index contributed by atoms with van der Waals surface area (Å²) in [5, 5.41) is 0.563. The number of hydrogen-bond acceptors (Lipinski definition) is 8. The van der Waals surface area contributed by atoms with E-state index in [4.69, 9.17) is 17.2 Å². The molecule has 0 aliphatic carbocycles. The van der Waals surface area contributed by atoms with Gasteiger partial charge in [0.2, 0.25) is 5.95 Å². The summed E-state index contributed by atoms with van der Waals surface area (Å²) < 4.78 is 0. The molecule has 0 spiro atoms. The zero-order chi connectivity index (χ0) is 15.0. The number of rotatable bonds is 2. The molecule has 2 aromatic heterocycles. The highest BCUT2D eigenvalue weighted by Crippen LogP contribution is 2.31. The Morgan fingerprint density at radius 2 is 1.76 bits per heavy atom. The van der Waals surface area contributed by atoms with Gasteiger partial charge >= 0.3 is 0 Å². The number of anilines is 3. The standard InChI is InChI=1S/C13H13N7S/c1-6-3-2-4-7(5-6)21-12-10(15)18-11-8(17-12)9(14)19-13(16)20-11/h2-5H,1H3,(H6,14,15,16,18,19,20). The number of benzene rings is 1. The summed E-state index contributed by atoms with van der Waals surface area (Å²) >= 11 is 1.42. The quantitative estimate of drug-likeness (QED) is 0.651. The third-order valence-corrected chi connectivity index (χ3v) is 3.76. The van der Waals surface area contributed by atoms with E-state index < -0.39 is 0 Å². The number of hydrogen-bond donors (Lipinski definition) is 3. The van der Waals surface area contributed by atoms with Crippen molar-refractivity contribution in [3.63, 3.8) is 0 Å². The predicted octanol–water partition coefficient (Wildman–Crippen LogP) is 1.63. The van der Waals surface area contributed by atoms with Gasteiger partial charge in [-0.15, -0.1) is 0 Å². The Labute approximate surface area is 125 Å². The Morgan fingerprint density at radius 3 is 2.52 bits per heavy atom. The molecule has 7 nitrogen and oxygen atoms in total. The minimum absolute atomic E-state index is 0.0489. The molecule has 0 amide bonds. The molecule has 0 saturated carbocycles. The van der Waals surface area contributed by atoms with Crippen LogP contribution in [-0.4, -0.2) is 19.9 Å². The first-order chi connectivity index (χ1) is 10.0. The molecule has 106 valence electrons. The maximum atomic E-state index is 5.94. The van der Waals surface area contributed by atoms with Gasteiger partial charge in [0.05, 0.1) is 0 Å². The van der Waals surface area contributed by atoms with E-state index >= 15 is 0 Å². The van der Waals surface area contributed by atoms with E-state index in [0.29, 0.717) is 16.2 Å². The summed E-state index contributed by atoms with van der Waals surface area (Å²) in [6.07, 6.45) is 0. The molecule has 3 rings (SSSR count). The predicted molar refractivity (Wildman–Crippen MR) is 83.7 cm³/mol. The highest BCUT2D eigenvalue weighted by atomic mass is 32.2. The summed E-state index contributed by atoms with van der Waals surface area (Å²) in [5.41, 5.74) is 19.1. The van der Waals surface area contributed by atoms with Gasteiger partial charge in [0.1, 0.15) is 5.03 Å². The largest absolute Gasteiger partial charge is 0.382 e. The molecular formula is C13H13N7S. The van der Waals surface area contributed by atoms with Crippen LogP contribution in [0.2, 0.25) is 0 Å². The van der Waals surface area contributed by atoms with E-state index in [2.05, 4.69) is 19.9 Å². The van der Waals surface area contributed by atoms with Crippen LogP contribution in [0.25, 0.3) is 11.2 Å². The van der Waals surface area contributed by atoms with Crippen molar-refractivity contribution in [1.29, 1.82) is 0 Å². The topological polar surface area (TPSA) is 130 Å². The SMILES string of the molecule is Cc1cccc(Sc2nc3c(N)nc(N)nc3nc2N)c1. The van der Waals surface area contributed by atoms with Gasteiger partial charge in [0.15, 0.2) is 22.8 Å². The van der Waals surface area contributed by atoms with Crippen molar-refractivity contribution in [2.24, 2.45) is 0 Å². The smallest absolute Gasteiger partial charge is 0.224 e. The number of nitrogen functional groups attached to an aromatic ring is 3. The van der Waals surface area contributed by atoms with E-state index in [9.17, 15) is 0 Å². The lowest BCUT2D eigenvalue weighted by molar-refractivity contribution is 1.09. The van der Waals surface area contributed by atoms with Crippen molar-refractivity contribution >= 4 is 40.5 Å². The Morgan fingerprint density at radius 1 is 0.952 bits per heavy atom. The fraction of sp³-hybridized carbons (Fsp3) is 0.0769. The average molecular weight is 299 g/mol. The molecule has 6 N–H and O–H groups in total. The van der Waals surface area contributed by atoms with Crippen molar-refractivity contribution < 1.29 is 0 Å². The van der Waals surface area contributed by atoms with Gasteiger partial charge < -0.3 is 17.2 Å². The van der Waals surface area contributed by atoms with Gasteiger partial charge in [-0.2, -0.15) is 9.97 Å². The molecule has 0 radical (unpaired) electrons. The van der Waals surface area contributed by atoms with Crippen LogP contribution in [0.5, 0.6) is 0 Å². The molecule has 21 heavy (non-hydrogen) atoms. The van der Waals surface area contributed by atoms with Crippen LogP contribution in [0.15, 0.2) is 34.2 Å². The van der Waals surface area contributed by atoms with Crippen LogP contribution < -0.4 is 17.2 Å². The molecule has 0 saturated heterocycles. The van der Waals surface area contributed by atoms with Crippen LogP contribution in [0, 0.1) is 6.92 Å². The monoisotopic (exact) mass is 299 g/mol. The minimum Gasteiger partial charge on any atom is -0.382 e. The third kappa shape index (κ3) is 2.65. The van der Waals surface area contributed by atoms with Gasteiger partial charge in [0, 0.05) is 4.90 Å². The van der Waals surface area contributed by atoms with E-state index in [1.807, 2.05) is 31.2 Å². The first-order valence-electron chi connectivity index (χ1n) is 6.13. The van der Waals surface area contributed by atoms with E-state index in [0.717, 1.165) is 10.5 Å². The van der Waals surface area contributed by atoms with Crippen molar-refractivity contribution in [2.45, 2.75) is 16.8 Å². The molecule has 3 aromatic rings. The third-order valence-electron chi connectivity index (χ3n) is 2.77. The second-order valence-corrected chi connectivity index (χ2v) is 5.53. The Kier molecular flexibility index (Phi) is 3.22. The second kappa shape index (κ2) is 5.06. The van der Waals surface area contributed by atoms with Crippen LogP contribution in [-0.2, 0) is 0 Å². The van der Waals surface area contributed by atoms with Gasteiger partial charge in [0.25, 0.3) is 0 Å². The molecule has 2 heterocycles. The van der Waals surface area contributed by atoms with Gasteiger partial charge in [-0.1, -0.05) is 29.5 Å². The lowest BCUT2D eigenvalue weighted by atomic mass is 10.2. The zero-order valence-corrected chi connectivity index (χ0v) is 12.1. The maximum absolute atomic E-state index is 5.94. The van der Waals surface area contributed by atoms with Gasteiger partial charge in [-0.3, -0.25) is 0 Å². The summed E-state index contributed by atoms with van der Waals surface area (Å²) in [4.78, 5) is 17.5. The van der Waals surface area contributed by atoms with Crippen LogP contribution in [0.4, 0.5) is 17.6 Å². The van der Waals surface area contributed by atoms with Crippen LogP contribution in [0.1, 0.15) is 5.56 Å². The molecule has 0 bridgehead atoms. The molecule has 0 atom stereocenters. The number of aryl methyl sites for hydroxylation is 1. The van der Waals surface area contributed by atoms with E-state index in [-0.39, 0.29) is 17.6 Å². The first-order valence-corrected chi connectivity index (χ1v) is 6.95. The van der Waals surface area contributed by atoms with Crippen molar-refractivity contribution in [1.82, 2.24) is 19.9 Å². The van der Waals surface area contributed by atoms with Crippen LogP contribution >= 0.6 is 11.8 Å². The molecule has 0 aliphatic heterocycles. The summed E-state index contributed by atoms with van der Waals surface area (Å²) in [5.74, 6) is 0.524. The Bertz CT molecular complexity index is 834. The zero-order valence-electron chi connectivity index (χ0n) is 11.2. The lowest BCUT2D eigenvalue weighted by Crippen LogP contribution is -2.05. The number of nitrogens with zero attached hydrogens (tertiary/aromatic N) is 4. The Hall–Kier alpha value is -2.61. The van der Waals surface area contributed by atoms with Crippen molar-refractivity contribution in [3.05, 3.63) is 29.8 Å².